The van der Waals surface area contributed by atoms with E-state index in [1.165, 1.54) is 30.4 Å². The molecule has 23 heavy (non-hydrogen) atoms. The molecule has 1 N–H and O–H groups in total. The molecule has 0 amide bonds. The summed E-state index contributed by atoms with van der Waals surface area (Å²) in [6.45, 7) is 1.92. The van der Waals surface area contributed by atoms with E-state index in [-0.39, 0.29) is 11.9 Å². The second-order valence-electron chi connectivity index (χ2n) is 4.70. The van der Waals surface area contributed by atoms with Crippen LogP contribution in [0.1, 0.15) is 13.3 Å². The van der Waals surface area contributed by atoms with E-state index in [1.54, 1.807) is 16.2 Å². The van der Waals surface area contributed by atoms with Gasteiger partial charge in [0.2, 0.25) is 0 Å². The van der Waals surface area contributed by atoms with E-state index in [0.29, 0.717) is 6.42 Å². The molecular weight excluding hydrogens is 334 g/mol. The van der Waals surface area contributed by atoms with E-state index in [0.717, 1.165) is 21.2 Å². The number of nitrogens with zero attached hydrogens (tertiary/aromatic N) is 4. The zero-order chi connectivity index (χ0) is 16.2. The third-order valence-corrected chi connectivity index (χ3v) is 4.92. The Kier molecular flexibility index (Phi) is 4.77. The normalized spacial score (nSPS) is 14.6. The van der Waals surface area contributed by atoms with Crippen LogP contribution in [0.2, 0.25) is 0 Å². The number of carbonyl (C=O) groups is 1. The SMILES string of the molecule is CCC(C=NN1Nc2c(cccc2-c2nncs2)S1)C(=O)OC. The fourth-order valence-electron chi connectivity index (χ4n) is 2.08. The van der Waals surface area contributed by atoms with Gasteiger partial charge >= 0.3 is 5.97 Å². The second-order valence-corrected chi connectivity index (χ2v) is 6.50. The summed E-state index contributed by atoms with van der Waals surface area (Å²) >= 11 is 2.93. The Labute approximate surface area is 141 Å². The van der Waals surface area contributed by atoms with Gasteiger partial charge in [0.05, 0.1) is 23.6 Å². The smallest absolute Gasteiger partial charge is 0.314 e. The molecule has 1 unspecified atom stereocenters. The van der Waals surface area contributed by atoms with Gasteiger partial charge in [0.1, 0.15) is 10.5 Å². The van der Waals surface area contributed by atoms with Gasteiger partial charge in [-0.3, -0.25) is 10.2 Å². The number of rotatable bonds is 5. The lowest BCUT2D eigenvalue weighted by atomic mass is 10.1. The second kappa shape index (κ2) is 6.97. The Morgan fingerprint density at radius 2 is 2.43 bits per heavy atom. The molecule has 9 heteroatoms. The third-order valence-electron chi connectivity index (χ3n) is 3.30. The van der Waals surface area contributed by atoms with Crippen LogP contribution in [0.3, 0.4) is 0 Å². The Bertz CT molecular complexity index is 720. The monoisotopic (exact) mass is 349 g/mol. The van der Waals surface area contributed by atoms with Crippen LogP contribution in [0.25, 0.3) is 10.6 Å². The average molecular weight is 349 g/mol. The van der Waals surface area contributed by atoms with Gasteiger partial charge in [-0.15, -0.1) is 14.7 Å². The first kappa shape index (κ1) is 15.8. The van der Waals surface area contributed by atoms with Gasteiger partial charge in [0, 0.05) is 23.7 Å². The topological polar surface area (TPSA) is 79.7 Å². The highest BCUT2D eigenvalue weighted by Gasteiger charge is 2.23. The van der Waals surface area contributed by atoms with Crippen LogP contribution in [0.4, 0.5) is 5.69 Å². The van der Waals surface area contributed by atoms with Crippen molar-refractivity contribution in [2.24, 2.45) is 11.0 Å². The highest BCUT2D eigenvalue weighted by Crippen LogP contribution is 2.43. The number of anilines is 1. The zero-order valence-corrected chi connectivity index (χ0v) is 14.2. The molecule has 0 bridgehead atoms. The highest BCUT2D eigenvalue weighted by atomic mass is 32.2. The molecule has 0 radical (unpaired) electrons. The first-order chi connectivity index (χ1) is 11.2. The van der Waals surface area contributed by atoms with Gasteiger partial charge < -0.3 is 4.74 Å². The molecule has 1 aliphatic heterocycles. The molecule has 2 heterocycles. The number of carbonyl (C=O) groups excluding carboxylic acids is 1. The maximum atomic E-state index is 11.6. The Hall–Kier alpha value is -2.13. The average Bonchev–Trinajstić information content (AvgIpc) is 3.23. The highest BCUT2D eigenvalue weighted by molar-refractivity contribution is 7.97. The molecule has 0 saturated carbocycles. The van der Waals surface area contributed by atoms with Crippen LogP contribution in [0.15, 0.2) is 33.7 Å². The molecule has 1 aromatic carbocycles. The van der Waals surface area contributed by atoms with Crippen molar-refractivity contribution < 1.29 is 9.53 Å². The summed E-state index contributed by atoms with van der Waals surface area (Å²) in [5.74, 6) is -0.638. The first-order valence-corrected chi connectivity index (χ1v) is 8.64. The number of esters is 1. The minimum atomic E-state index is -0.353. The number of aromatic nitrogens is 2. The number of para-hydroxylation sites is 1. The maximum Gasteiger partial charge on any atom is 0.314 e. The number of hydrogen-bond acceptors (Lipinski definition) is 9. The van der Waals surface area contributed by atoms with Gasteiger partial charge in [-0.25, -0.2) is 0 Å². The first-order valence-electron chi connectivity index (χ1n) is 6.99. The number of hydrogen-bond donors (Lipinski definition) is 1. The molecule has 7 nitrogen and oxygen atoms in total. The lowest BCUT2D eigenvalue weighted by Crippen LogP contribution is -2.19. The number of fused-ring (bicyclic) bond motifs is 1. The third kappa shape index (κ3) is 3.30. The number of methoxy groups -OCH3 is 1. The Morgan fingerprint density at radius 1 is 1.57 bits per heavy atom. The number of ether oxygens (including phenoxy) is 1. The van der Waals surface area contributed by atoms with Crippen molar-refractivity contribution in [3.05, 3.63) is 23.7 Å². The Balaban J connectivity index is 1.77. The van der Waals surface area contributed by atoms with Crippen molar-refractivity contribution in [3.8, 4) is 10.6 Å². The summed E-state index contributed by atoms with van der Waals surface area (Å²) in [5.41, 5.74) is 6.84. The largest absolute Gasteiger partial charge is 0.469 e. The van der Waals surface area contributed by atoms with Gasteiger partial charge in [-0.1, -0.05) is 24.3 Å². The predicted molar refractivity (Wildman–Crippen MR) is 91.0 cm³/mol. The minimum absolute atomic E-state index is 0.285. The molecule has 120 valence electrons. The molecule has 2 aromatic rings. The number of hydrazine groups is 1. The number of hydrazone groups is 1. The van der Waals surface area contributed by atoms with E-state index < -0.39 is 0 Å². The van der Waals surface area contributed by atoms with Crippen molar-refractivity contribution in [2.45, 2.75) is 18.2 Å². The van der Waals surface area contributed by atoms with Crippen LogP contribution in [0, 0.1) is 5.92 Å². The van der Waals surface area contributed by atoms with Crippen molar-refractivity contribution in [2.75, 3.05) is 12.5 Å². The summed E-state index contributed by atoms with van der Waals surface area (Å²) in [5, 5.41) is 13.2. The maximum absolute atomic E-state index is 11.6. The van der Waals surface area contributed by atoms with Gasteiger partial charge in [0.15, 0.2) is 0 Å². The quantitative estimate of drug-likeness (QED) is 0.505. The fraction of sp³-hybridized carbons (Fsp3) is 0.286. The van der Waals surface area contributed by atoms with Crippen LogP contribution in [0.5, 0.6) is 0 Å². The van der Waals surface area contributed by atoms with E-state index in [1.807, 2.05) is 25.1 Å². The standard InChI is InChI=1S/C14H15N5O2S2/c1-3-9(14(20)21-2)7-16-19-18-12-10(13-17-15-8-22-13)5-4-6-11(12)23-19/h4-9,18H,3H2,1-2H3. The Morgan fingerprint density at radius 3 is 3.13 bits per heavy atom. The molecule has 0 saturated heterocycles. The molecule has 0 spiro atoms. The summed E-state index contributed by atoms with van der Waals surface area (Å²) in [6, 6.07) is 5.97. The summed E-state index contributed by atoms with van der Waals surface area (Å²) in [4.78, 5) is 12.6. The molecule has 0 aliphatic carbocycles. The van der Waals surface area contributed by atoms with Crippen molar-refractivity contribution >= 4 is 41.2 Å². The zero-order valence-electron chi connectivity index (χ0n) is 12.6. The van der Waals surface area contributed by atoms with Crippen LogP contribution in [-0.2, 0) is 9.53 Å². The van der Waals surface area contributed by atoms with Crippen LogP contribution < -0.4 is 5.43 Å². The summed E-state index contributed by atoms with van der Waals surface area (Å²) in [6.07, 6.45) is 2.24. The predicted octanol–water partition coefficient (Wildman–Crippen LogP) is 3.04. The van der Waals surface area contributed by atoms with Crippen molar-refractivity contribution in [3.63, 3.8) is 0 Å². The van der Waals surface area contributed by atoms with Crippen molar-refractivity contribution in [1.29, 1.82) is 0 Å². The van der Waals surface area contributed by atoms with E-state index in [9.17, 15) is 4.79 Å². The van der Waals surface area contributed by atoms with Crippen LogP contribution in [-0.4, -0.2) is 34.0 Å². The number of benzene rings is 1. The van der Waals surface area contributed by atoms with E-state index >= 15 is 0 Å². The summed E-state index contributed by atoms with van der Waals surface area (Å²) in [7, 11) is 1.38. The lowest BCUT2D eigenvalue weighted by Gasteiger charge is -2.12. The summed E-state index contributed by atoms with van der Waals surface area (Å²) < 4.78 is 6.38. The van der Waals surface area contributed by atoms with E-state index in [4.69, 9.17) is 4.74 Å². The number of nitrogens with one attached hydrogen (secondary N) is 1. The molecule has 0 fully saturated rings. The molecule has 1 aliphatic rings. The molecule has 1 atom stereocenters. The van der Waals surface area contributed by atoms with Crippen LogP contribution >= 0.6 is 23.3 Å². The van der Waals surface area contributed by atoms with Gasteiger partial charge in [-0.05, 0) is 18.6 Å². The molecule has 1 aromatic heterocycles. The van der Waals surface area contributed by atoms with Gasteiger partial charge in [0.25, 0.3) is 0 Å². The minimum Gasteiger partial charge on any atom is -0.469 e. The molecule has 3 rings (SSSR count). The van der Waals surface area contributed by atoms with Gasteiger partial charge in [-0.2, -0.15) is 5.10 Å². The van der Waals surface area contributed by atoms with Crippen molar-refractivity contribution in [1.82, 2.24) is 14.7 Å². The lowest BCUT2D eigenvalue weighted by molar-refractivity contribution is -0.142. The molecular formula is C14H15N5O2S2. The fourth-order valence-corrected chi connectivity index (χ4v) is 3.48. The van der Waals surface area contributed by atoms with E-state index in [2.05, 4.69) is 20.7 Å².